The minimum absolute atomic E-state index is 0.193. The highest BCUT2D eigenvalue weighted by Gasteiger charge is 2.09. The number of aliphatic hydroxyl groups is 1. The van der Waals surface area contributed by atoms with Gasteiger partial charge in [0.2, 0.25) is 0 Å². The predicted octanol–water partition coefficient (Wildman–Crippen LogP) is 2.11. The molecular formula is C11H15FO2. The van der Waals surface area contributed by atoms with Gasteiger partial charge < -0.3 is 9.84 Å². The summed E-state index contributed by atoms with van der Waals surface area (Å²) >= 11 is 0. The van der Waals surface area contributed by atoms with E-state index in [1.807, 2.05) is 0 Å². The Morgan fingerprint density at radius 2 is 2.00 bits per heavy atom. The summed E-state index contributed by atoms with van der Waals surface area (Å²) in [5.74, 6) is -0.273. The molecule has 1 rings (SSSR count). The second kappa shape index (κ2) is 5.08. The van der Waals surface area contributed by atoms with E-state index in [2.05, 4.69) is 0 Å². The van der Waals surface area contributed by atoms with Crippen LogP contribution in [0.5, 0.6) is 0 Å². The summed E-state index contributed by atoms with van der Waals surface area (Å²) < 4.78 is 18.4. The molecule has 0 saturated heterocycles. The zero-order chi connectivity index (χ0) is 10.6. The summed E-state index contributed by atoms with van der Waals surface area (Å²) in [6.45, 7) is 3.59. The average molecular weight is 198 g/mol. The molecule has 14 heavy (non-hydrogen) atoms. The zero-order valence-corrected chi connectivity index (χ0v) is 8.40. The largest absolute Gasteiger partial charge is 0.391 e. The molecule has 0 aliphatic heterocycles. The van der Waals surface area contributed by atoms with Crippen molar-refractivity contribution in [3.8, 4) is 0 Å². The van der Waals surface area contributed by atoms with Gasteiger partial charge in [0.25, 0.3) is 0 Å². The normalized spacial score (nSPS) is 15.1. The number of halogens is 1. The van der Waals surface area contributed by atoms with Crippen molar-refractivity contribution in [3.63, 3.8) is 0 Å². The summed E-state index contributed by atoms with van der Waals surface area (Å²) in [5, 5.41) is 9.15. The minimum atomic E-state index is -0.540. The third kappa shape index (κ3) is 3.09. The Balaban J connectivity index is 2.50. The smallest absolute Gasteiger partial charge is 0.128 e. The first-order chi connectivity index (χ1) is 6.61. The second-order valence-corrected chi connectivity index (χ2v) is 3.35. The lowest BCUT2D eigenvalue weighted by atomic mass is 10.2. The monoisotopic (exact) mass is 198 g/mol. The number of hydrogen-bond donors (Lipinski definition) is 1. The van der Waals surface area contributed by atoms with Gasteiger partial charge in [0.15, 0.2) is 0 Å². The van der Waals surface area contributed by atoms with Gasteiger partial charge in [-0.05, 0) is 19.9 Å². The molecule has 0 aliphatic carbocycles. The summed E-state index contributed by atoms with van der Waals surface area (Å²) in [5.41, 5.74) is 0.514. The fourth-order valence-electron chi connectivity index (χ4n) is 0.976. The first-order valence-electron chi connectivity index (χ1n) is 4.64. The van der Waals surface area contributed by atoms with Crippen molar-refractivity contribution >= 4 is 0 Å². The lowest BCUT2D eigenvalue weighted by Crippen LogP contribution is -2.22. The molecule has 0 heterocycles. The molecule has 1 N–H and O–H groups in total. The maximum atomic E-state index is 13.1. The van der Waals surface area contributed by atoms with Gasteiger partial charge in [-0.2, -0.15) is 0 Å². The molecule has 2 atom stereocenters. The van der Waals surface area contributed by atoms with Crippen molar-refractivity contribution in [3.05, 3.63) is 35.6 Å². The maximum absolute atomic E-state index is 13.1. The number of hydrogen-bond acceptors (Lipinski definition) is 2. The Labute approximate surface area is 83.3 Å². The Hall–Kier alpha value is -0.930. The van der Waals surface area contributed by atoms with Gasteiger partial charge in [0.1, 0.15) is 5.82 Å². The number of benzene rings is 1. The van der Waals surface area contributed by atoms with Crippen molar-refractivity contribution in [2.45, 2.75) is 32.7 Å². The molecular weight excluding hydrogens is 183 g/mol. The van der Waals surface area contributed by atoms with Crippen LogP contribution < -0.4 is 0 Å². The molecule has 0 bridgehead atoms. The third-order valence-electron chi connectivity index (χ3n) is 2.14. The highest BCUT2D eigenvalue weighted by atomic mass is 19.1. The Morgan fingerprint density at radius 1 is 1.36 bits per heavy atom. The average Bonchev–Trinajstić information content (AvgIpc) is 2.16. The number of rotatable bonds is 4. The Bertz CT molecular complexity index is 286. The van der Waals surface area contributed by atoms with Crippen LogP contribution >= 0.6 is 0 Å². The van der Waals surface area contributed by atoms with Crippen LogP contribution in [0.4, 0.5) is 4.39 Å². The number of ether oxygens (including phenoxy) is 1. The zero-order valence-electron chi connectivity index (χ0n) is 8.40. The molecule has 2 unspecified atom stereocenters. The molecule has 2 nitrogen and oxygen atoms in total. The van der Waals surface area contributed by atoms with Crippen molar-refractivity contribution in [2.24, 2.45) is 0 Å². The van der Waals surface area contributed by atoms with Gasteiger partial charge in [-0.3, -0.25) is 0 Å². The molecule has 0 aliphatic rings. The Kier molecular flexibility index (Phi) is 4.04. The second-order valence-electron chi connectivity index (χ2n) is 3.35. The van der Waals surface area contributed by atoms with Crippen LogP contribution in [-0.4, -0.2) is 17.3 Å². The molecule has 0 aromatic heterocycles. The SMILES string of the molecule is CC(O)C(C)OCc1ccccc1F. The maximum Gasteiger partial charge on any atom is 0.128 e. The van der Waals surface area contributed by atoms with Crippen molar-refractivity contribution in [1.82, 2.24) is 0 Å². The quantitative estimate of drug-likeness (QED) is 0.803. The summed E-state index contributed by atoms with van der Waals surface area (Å²) in [6.07, 6.45) is -0.823. The lowest BCUT2D eigenvalue weighted by Gasteiger charge is -2.15. The van der Waals surface area contributed by atoms with E-state index in [9.17, 15) is 4.39 Å². The summed E-state index contributed by atoms with van der Waals surface area (Å²) in [7, 11) is 0. The van der Waals surface area contributed by atoms with E-state index in [1.165, 1.54) is 6.07 Å². The molecule has 0 fully saturated rings. The van der Waals surface area contributed by atoms with Crippen molar-refractivity contribution < 1.29 is 14.2 Å². The van der Waals surface area contributed by atoms with Crippen molar-refractivity contribution in [1.29, 1.82) is 0 Å². The van der Waals surface area contributed by atoms with Crippen LogP contribution in [-0.2, 0) is 11.3 Å². The fraction of sp³-hybridized carbons (Fsp3) is 0.455. The van der Waals surface area contributed by atoms with E-state index < -0.39 is 6.10 Å². The lowest BCUT2D eigenvalue weighted by molar-refractivity contribution is -0.0277. The van der Waals surface area contributed by atoms with E-state index in [1.54, 1.807) is 32.0 Å². The van der Waals surface area contributed by atoms with Gasteiger partial charge in [-0.25, -0.2) is 4.39 Å². The first-order valence-corrected chi connectivity index (χ1v) is 4.64. The van der Waals surface area contributed by atoms with Crippen LogP contribution in [0.25, 0.3) is 0 Å². The minimum Gasteiger partial charge on any atom is -0.391 e. The summed E-state index contributed by atoms with van der Waals surface area (Å²) in [4.78, 5) is 0. The topological polar surface area (TPSA) is 29.5 Å². The van der Waals surface area contributed by atoms with Gasteiger partial charge in [0.05, 0.1) is 18.8 Å². The van der Waals surface area contributed by atoms with Crippen LogP contribution in [0.2, 0.25) is 0 Å². The van der Waals surface area contributed by atoms with Gasteiger partial charge in [-0.1, -0.05) is 18.2 Å². The van der Waals surface area contributed by atoms with Crippen LogP contribution in [0, 0.1) is 5.82 Å². The van der Waals surface area contributed by atoms with Crippen molar-refractivity contribution in [2.75, 3.05) is 0 Å². The highest BCUT2D eigenvalue weighted by Crippen LogP contribution is 2.09. The van der Waals surface area contributed by atoms with E-state index in [0.29, 0.717) is 5.56 Å². The molecule has 78 valence electrons. The van der Waals surface area contributed by atoms with E-state index >= 15 is 0 Å². The molecule has 0 spiro atoms. The van der Waals surface area contributed by atoms with E-state index in [-0.39, 0.29) is 18.5 Å². The Morgan fingerprint density at radius 3 is 2.57 bits per heavy atom. The molecule has 0 amide bonds. The van der Waals surface area contributed by atoms with Gasteiger partial charge in [-0.15, -0.1) is 0 Å². The standard InChI is InChI=1S/C11H15FO2/c1-8(13)9(2)14-7-10-5-3-4-6-11(10)12/h3-6,8-9,13H,7H2,1-2H3. The molecule has 0 radical (unpaired) electrons. The molecule has 3 heteroatoms. The van der Waals surface area contributed by atoms with E-state index in [0.717, 1.165) is 0 Å². The first kappa shape index (κ1) is 11.1. The third-order valence-corrected chi connectivity index (χ3v) is 2.14. The molecule has 0 saturated carbocycles. The summed E-state index contributed by atoms with van der Waals surface area (Å²) in [6, 6.07) is 6.46. The molecule has 1 aromatic rings. The van der Waals surface area contributed by atoms with Gasteiger partial charge >= 0.3 is 0 Å². The van der Waals surface area contributed by atoms with Crippen LogP contribution in [0.1, 0.15) is 19.4 Å². The highest BCUT2D eigenvalue weighted by molar-refractivity contribution is 5.16. The molecule has 1 aromatic carbocycles. The fourth-order valence-corrected chi connectivity index (χ4v) is 0.976. The van der Waals surface area contributed by atoms with Crippen LogP contribution in [0.15, 0.2) is 24.3 Å². The van der Waals surface area contributed by atoms with E-state index in [4.69, 9.17) is 9.84 Å². The van der Waals surface area contributed by atoms with Crippen LogP contribution in [0.3, 0.4) is 0 Å². The number of aliphatic hydroxyl groups excluding tert-OH is 1. The van der Waals surface area contributed by atoms with Gasteiger partial charge in [0, 0.05) is 5.56 Å². The predicted molar refractivity (Wildman–Crippen MR) is 52.3 cm³/mol.